The number of likely N-dealkylation sites (N-methyl/N-ethyl adjacent to an activating group) is 1. The first kappa shape index (κ1) is 27.5. The molecule has 0 aliphatic rings. The van der Waals surface area contributed by atoms with Gasteiger partial charge < -0.3 is 25.8 Å². The molecular formula is C30H27ClN8O2. The molecule has 5 rings (SSSR count). The van der Waals surface area contributed by atoms with Crippen LogP contribution in [0.3, 0.4) is 0 Å². The van der Waals surface area contributed by atoms with Crippen LogP contribution in [0.2, 0.25) is 5.02 Å². The lowest BCUT2D eigenvalue weighted by atomic mass is 10.1. The van der Waals surface area contributed by atoms with Crippen LogP contribution in [0, 0.1) is 0 Å². The zero-order valence-corrected chi connectivity index (χ0v) is 23.1. The molecular weight excluding hydrogens is 540 g/mol. The van der Waals surface area contributed by atoms with E-state index in [1.165, 1.54) is 12.3 Å². The first-order valence-corrected chi connectivity index (χ1v) is 13.1. The van der Waals surface area contributed by atoms with Crippen LogP contribution in [0.5, 0.6) is 0 Å². The highest BCUT2D eigenvalue weighted by atomic mass is 35.5. The second-order valence-corrected chi connectivity index (χ2v) is 9.79. The van der Waals surface area contributed by atoms with Crippen molar-refractivity contribution in [1.29, 1.82) is 0 Å². The average Bonchev–Trinajstić information content (AvgIpc) is 3.38. The average molecular weight is 567 g/mol. The van der Waals surface area contributed by atoms with E-state index in [0.717, 1.165) is 16.5 Å². The van der Waals surface area contributed by atoms with Gasteiger partial charge in [0.05, 0.1) is 28.8 Å². The SMILES string of the molecule is CN(C)C/C=C/C(=O)Nc1ccc(C(=O)Nc2cccc(Nc3ncc(Cl)c(-c4c[nH]c5ccccc45)n3)c2)nc1. The van der Waals surface area contributed by atoms with Gasteiger partial charge in [0.15, 0.2) is 0 Å². The number of aromatic nitrogens is 4. The summed E-state index contributed by atoms with van der Waals surface area (Å²) in [6.07, 6.45) is 8.08. The number of amides is 2. The first-order chi connectivity index (χ1) is 19.9. The topological polar surface area (TPSA) is 128 Å². The predicted molar refractivity (Wildman–Crippen MR) is 163 cm³/mol. The molecule has 3 heterocycles. The zero-order chi connectivity index (χ0) is 28.8. The van der Waals surface area contributed by atoms with Gasteiger partial charge in [0.2, 0.25) is 11.9 Å². The lowest BCUT2D eigenvalue weighted by Gasteiger charge is -2.10. The molecule has 0 atom stereocenters. The van der Waals surface area contributed by atoms with Crippen molar-refractivity contribution in [2.24, 2.45) is 0 Å². The Hall–Kier alpha value is -5.06. The van der Waals surface area contributed by atoms with E-state index in [-0.39, 0.29) is 11.6 Å². The summed E-state index contributed by atoms with van der Waals surface area (Å²) in [7, 11) is 3.83. The highest BCUT2D eigenvalue weighted by Gasteiger charge is 2.14. The summed E-state index contributed by atoms with van der Waals surface area (Å²) >= 11 is 6.45. The van der Waals surface area contributed by atoms with Gasteiger partial charge in [0, 0.05) is 46.7 Å². The number of hydrogen-bond acceptors (Lipinski definition) is 7. The summed E-state index contributed by atoms with van der Waals surface area (Å²) < 4.78 is 0. The van der Waals surface area contributed by atoms with E-state index in [0.29, 0.717) is 40.3 Å². The molecule has 0 unspecified atom stereocenters. The Kier molecular flexibility index (Phi) is 8.33. The van der Waals surface area contributed by atoms with Gasteiger partial charge >= 0.3 is 0 Å². The van der Waals surface area contributed by atoms with Crippen LogP contribution in [0.15, 0.2) is 91.4 Å². The van der Waals surface area contributed by atoms with Gasteiger partial charge in [0.1, 0.15) is 5.69 Å². The number of fused-ring (bicyclic) bond motifs is 1. The maximum absolute atomic E-state index is 12.8. The minimum absolute atomic E-state index is 0.203. The monoisotopic (exact) mass is 566 g/mol. The van der Waals surface area contributed by atoms with Crippen LogP contribution < -0.4 is 16.0 Å². The molecule has 0 aliphatic carbocycles. The molecule has 41 heavy (non-hydrogen) atoms. The van der Waals surface area contributed by atoms with E-state index < -0.39 is 5.91 Å². The number of para-hydroxylation sites is 1. The smallest absolute Gasteiger partial charge is 0.274 e. The molecule has 10 nitrogen and oxygen atoms in total. The third-order valence-electron chi connectivity index (χ3n) is 5.97. The number of H-pyrrole nitrogens is 1. The van der Waals surface area contributed by atoms with E-state index in [4.69, 9.17) is 11.6 Å². The summed E-state index contributed by atoms with van der Waals surface area (Å²) in [6.45, 7) is 0.653. The number of hydrogen-bond donors (Lipinski definition) is 4. The quantitative estimate of drug-likeness (QED) is 0.168. The van der Waals surface area contributed by atoms with E-state index in [9.17, 15) is 9.59 Å². The Balaban J connectivity index is 1.24. The van der Waals surface area contributed by atoms with Gasteiger partial charge in [-0.25, -0.2) is 15.0 Å². The van der Waals surface area contributed by atoms with Crippen molar-refractivity contribution in [2.45, 2.75) is 0 Å². The lowest BCUT2D eigenvalue weighted by molar-refractivity contribution is -0.111. The fourth-order valence-electron chi connectivity index (χ4n) is 4.04. The molecule has 3 aromatic heterocycles. The summed E-state index contributed by atoms with van der Waals surface area (Å²) in [6, 6.07) is 18.2. The van der Waals surface area contributed by atoms with Gasteiger partial charge in [0.25, 0.3) is 5.91 Å². The van der Waals surface area contributed by atoms with Crippen molar-refractivity contribution >= 4 is 57.3 Å². The van der Waals surface area contributed by atoms with Crippen LogP contribution in [0.25, 0.3) is 22.2 Å². The van der Waals surface area contributed by atoms with Crippen LogP contribution in [-0.2, 0) is 4.79 Å². The minimum atomic E-state index is -0.393. The molecule has 4 N–H and O–H groups in total. The van der Waals surface area contributed by atoms with Crippen LogP contribution in [0.1, 0.15) is 10.5 Å². The number of aromatic amines is 1. The number of nitrogens with zero attached hydrogens (tertiary/aromatic N) is 4. The normalized spacial score (nSPS) is 11.2. The van der Waals surface area contributed by atoms with Gasteiger partial charge in [-0.15, -0.1) is 0 Å². The molecule has 11 heteroatoms. The number of carbonyl (C=O) groups excluding carboxylic acids is 2. The molecule has 0 saturated carbocycles. The maximum atomic E-state index is 12.8. The molecule has 2 amide bonds. The van der Waals surface area contributed by atoms with Crippen molar-refractivity contribution in [3.63, 3.8) is 0 Å². The van der Waals surface area contributed by atoms with Crippen molar-refractivity contribution in [3.05, 3.63) is 102 Å². The molecule has 0 fully saturated rings. The van der Waals surface area contributed by atoms with Gasteiger partial charge in [-0.2, -0.15) is 0 Å². The first-order valence-electron chi connectivity index (χ1n) is 12.7. The van der Waals surface area contributed by atoms with E-state index in [1.54, 1.807) is 42.6 Å². The molecule has 206 valence electrons. The summed E-state index contributed by atoms with van der Waals surface area (Å²) in [5.74, 6) is -0.308. The molecule has 2 aromatic carbocycles. The van der Waals surface area contributed by atoms with Crippen LogP contribution in [-0.4, -0.2) is 57.3 Å². The maximum Gasteiger partial charge on any atom is 0.274 e. The third-order valence-corrected chi connectivity index (χ3v) is 6.25. The Morgan fingerprint density at radius 3 is 2.59 bits per heavy atom. The van der Waals surface area contributed by atoms with Gasteiger partial charge in [-0.3, -0.25) is 9.59 Å². The summed E-state index contributed by atoms with van der Waals surface area (Å²) in [4.78, 5) is 43.1. The van der Waals surface area contributed by atoms with E-state index >= 15 is 0 Å². The number of benzene rings is 2. The van der Waals surface area contributed by atoms with Crippen molar-refractivity contribution in [1.82, 2.24) is 24.8 Å². The summed E-state index contributed by atoms with van der Waals surface area (Å²) in [5.41, 5.74) is 4.37. The Morgan fingerprint density at radius 1 is 0.951 bits per heavy atom. The number of carbonyl (C=O) groups is 2. The predicted octanol–water partition coefficient (Wildman–Crippen LogP) is 5.73. The van der Waals surface area contributed by atoms with Gasteiger partial charge in [-0.1, -0.05) is 41.9 Å². The molecule has 0 saturated heterocycles. The van der Waals surface area contributed by atoms with Crippen molar-refractivity contribution in [2.75, 3.05) is 36.6 Å². The molecule has 5 aromatic rings. The molecule has 0 spiro atoms. The van der Waals surface area contributed by atoms with Crippen LogP contribution in [0.4, 0.5) is 23.0 Å². The summed E-state index contributed by atoms with van der Waals surface area (Å²) in [5, 5.41) is 10.2. The highest BCUT2D eigenvalue weighted by Crippen LogP contribution is 2.32. The Morgan fingerprint density at radius 2 is 1.78 bits per heavy atom. The highest BCUT2D eigenvalue weighted by molar-refractivity contribution is 6.33. The molecule has 0 aliphatic heterocycles. The van der Waals surface area contributed by atoms with Crippen molar-refractivity contribution in [3.8, 4) is 11.3 Å². The second kappa shape index (κ2) is 12.4. The standard InChI is InChI=1S/C30H27ClN8O2/c1-39(2)14-6-11-27(40)35-21-12-13-26(32-16-21)29(41)36-19-7-5-8-20(15-19)37-30-34-18-24(31)28(38-30)23-17-33-25-10-4-3-9-22(23)25/h3-13,15-18,33H,14H2,1-2H3,(H,35,40)(H,36,41)(H,34,37,38)/b11-6+. The number of halogens is 1. The molecule has 0 bridgehead atoms. The largest absolute Gasteiger partial charge is 0.360 e. The number of nitrogens with one attached hydrogen (secondary N) is 4. The van der Waals surface area contributed by atoms with Crippen LogP contribution >= 0.6 is 11.6 Å². The third kappa shape index (κ3) is 6.93. The second-order valence-electron chi connectivity index (χ2n) is 9.38. The zero-order valence-electron chi connectivity index (χ0n) is 22.4. The Labute approximate surface area is 241 Å². The van der Waals surface area contributed by atoms with Crippen molar-refractivity contribution < 1.29 is 9.59 Å². The Bertz CT molecular complexity index is 1730. The number of anilines is 4. The lowest BCUT2D eigenvalue weighted by Crippen LogP contribution is -2.15. The fraction of sp³-hybridized carbons (Fsp3) is 0.100. The minimum Gasteiger partial charge on any atom is -0.360 e. The number of rotatable bonds is 9. The van der Waals surface area contributed by atoms with Gasteiger partial charge in [-0.05, 0) is 50.5 Å². The van der Waals surface area contributed by atoms with E-state index in [2.05, 4.69) is 35.9 Å². The number of pyridine rings is 1. The molecule has 0 radical (unpaired) electrons. The van der Waals surface area contributed by atoms with E-state index in [1.807, 2.05) is 55.5 Å². The fourth-order valence-corrected chi connectivity index (χ4v) is 4.23.